The van der Waals surface area contributed by atoms with E-state index >= 15 is 0 Å². The van der Waals surface area contributed by atoms with Gasteiger partial charge in [0.1, 0.15) is 5.75 Å². The maximum atomic E-state index is 6.31. The Kier molecular flexibility index (Phi) is 7.00. The second kappa shape index (κ2) is 9.93. The van der Waals surface area contributed by atoms with E-state index in [2.05, 4.69) is 36.1 Å². The summed E-state index contributed by atoms with van der Waals surface area (Å²) in [7, 11) is 1.63. The molecule has 1 N–H and O–H groups in total. The molecule has 0 spiro atoms. The number of aromatic nitrogens is 2. The monoisotopic (exact) mass is 482 g/mol. The normalized spacial score (nSPS) is 16.4. The summed E-state index contributed by atoms with van der Waals surface area (Å²) in [6.07, 6.45) is 1.01. The van der Waals surface area contributed by atoms with E-state index in [1.165, 1.54) is 0 Å². The Morgan fingerprint density at radius 3 is 2.73 bits per heavy atom. The zero-order valence-corrected chi connectivity index (χ0v) is 20.7. The first kappa shape index (κ1) is 23.3. The van der Waals surface area contributed by atoms with E-state index in [0.717, 1.165) is 41.1 Å². The number of thiocarbonyl (C=S) groups is 1. The summed E-state index contributed by atoms with van der Waals surface area (Å²) >= 11 is 12.1. The highest BCUT2D eigenvalue weighted by atomic mass is 35.5. The molecule has 3 aromatic rings. The number of hydrogen-bond donors (Lipinski definition) is 1. The molecule has 2 heterocycles. The molecule has 1 unspecified atom stereocenters. The minimum absolute atomic E-state index is 0.259. The summed E-state index contributed by atoms with van der Waals surface area (Å²) in [5, 5.41) is 9.06. The number of ether oxygens (including phenoxy) is 1. The zero-order chi connectivity index (χ0) is 23.5. The van der Waals surface area contributed by atoms with Gasteiger partial charge >= 0.3 is 0 Å². The van der Waals surface area contributed by atoms with Gasteiger partial charge in [0.2, 0.25) is 5.82 Å². The molecule has 4 rings (SSSR count). The predicted molar refractivity (Wildman–Crippen MR) is 135 cm³/mol. The molecule has 2 aromatic carbocycles. The molecule has 1 atom stereocenters. The predicted octanol–water partition coefficient (Wildman–Crippen LogP) is 6.11. The van der Waals surface area contributed by atoms with Crippen LogP contribution >= 0.6 is 23.8 Å². The van der Waals surface area contributed by atoms with Crippen LogP contribution in [-0.4, -0.2) is 33.8 Å². The summed E-state index contributed by atoms with van der Waals surface area (Å²) in [5.41, 5.74) is 3.67. The van der Waals surface area contributed by atoms with E-state index in [0.29, 0.717) is 27.8 Å². The van der Waals surface area contributed by atoms with E-state index in [1.54, 1.807) is 7.11 Å². The molecule has 1 aliphatic rings. The van der Waals surface area contributed by atoms with Crippen molar-refractivity contribution in [1.82, 2.24) is 20.4 Å². The van der Waals surface area contributed by atoms with E-state index in [-0.39, 0.29) is 6.04 Å². The number of allylic oxidation sites excluding steroid dienone is 1. The summed E-state index contributed by atoms with van der Waals surface area (Å²) < 4.78 is 11.1. The molecule has 0 radical (unpaired) electrons. The van der Waals surface area contributed by atoms with Gasteiger partial charge in [0.25, 0.3) is 5.89 Å². The van der Waals surface area contributed by atoms with Gasteiger partial charge in [-0.25, -0.2) is 0 Å². The Hall–Kier alpha value is -2.90. The molecule has 1 aromatic heterocycles. The third-order valence-corrected chi connectivity index (χ3v) is 6.27. The zero-order valence-electron chi connectivity index (χ0n) is 19.1. The molecular formula is C25H27ClN4O2S. The Morgan fingerprint density at radius 2 is 2.00 bits per heavy atom. The van der Waals surface area contributed by atoms with Crippen LogP contribution in [0.2, 0.25) is 5.02 Å². The number of hydrogen-bond acceptors (Lipinski definition) is 5. The standard InChI is InChI=1S/C25H27ClN4O2S/c1-15(2)11-12-30-16(3)21(22(27-25(30)33)17-7-5-9-19(26)13-17)24-28-23(29-32-24)18-8-6-10-20(14-18)31-4/h5-10,13-15,22H,11-12H2,1-4H3,(H,27,33). The quantitative estimate of drug-likeness (QED) is 0.408. The van der Waals surface area contributed by atoms with Crippen molar-refractivity contribution in [2.45, 2.75) is 33.2 Å². The molecule has 0 saturated heterocycles. The Morgan fingerprint density at radius 1 is 1.21 bits per heavy atom. The van der Waals surface area contributed by atoms with Crippen LogP contribution in [0.1, 0.15) is 44.7 Å². The van der Waals surface area contributed by atoms with Crippen molar-refractivity contribution in [1.29, 1.82) is 0 Å². The van der Waals surface area contributed by atoms with Gasteiger partial charge in [0.05, 0.1) is 18.7 Å². The van der Waals surface area contributed by atoms with Gasteiger partial charge in [-0.05, 0) is 61.3 Å². The van der Waals surface area contributed by atoms with Gasteiger partial charge in [-0.1, -0.05) is 54.9 Å². The minimum Gasteiger partial charge on any atom is -0.497 e. The van der Waals surface area contributed by atoms with Crippen LogP contribution in [0.25, 0.3) is 17.0 Å². The third-order valence-electron chi connectivity index (χ3n) is 5.69. The fraction of sp³-hybridized carbons (Fsp3) is 0.320. The molecule has 1 aliphatic heterocycles. The Labute approximate surface area is 204 Å². The van der Waals surface area contributed by atoms with Gasteiger partial charge in [-0.3, -0.25) is 0 Å². The first-order chi connectivity index (χ1) is 15.9. The highest BCUT2D eigenvalue weighted by Gasteiger charge is 2.34. The SMILES string of the molecule is COc1cccc(-c2noc(C3=C(C)N(CCC(C)C)C(=S)NC3c3cccc(Cl)c3)n2)c1. The van der Waals surface area contributed by atoms with Crippen molar-refractivity contribution in [2.75, 3.05) is 13.7 Å². The van der Waals surface area contributed by atoms with Crippen LogP contribution in [0.3, 0.4) is 0 Å². The molecule has 33 heavy (non-hydrogen) atoms. The van der Waals surface area contributed by atoms with E-state index in [9.17, 15) is 0 Å². The average molecular weight is 483 g/mol. The Bertz CT molecular complexity index is 1190. The fourth-order valence-corrected chi connectivity index (χ4v) is 4.41. The molecule has 0 bridgehead atoms. The summed E-state index contributed by atoms with van der Waals surface area (Å²) in [6, 6.07) is 15.1. The molecule has 0 fully saturated rings. The van der Waals surface area contributed by atoms with Crippen molar-refractivity contribution in [2.24, 2.45) is 5.92 Å². The lowest BCUT2D eigenvalue weighted by Crippen LogP contribution is -2.46. The third kappa shape index (κ3) is 5.04. The van der Waals surface area contributed by atoms with Crippen LogP contribution in [0, 0.1) is 5.92 Å². The highest BCUT2D eigenvalue weighted by molar-refractivity contribution is 7.80. The number of halogens is 1. The van der Waals surface area contributed by atoms with Crippen LogP contribution < -0.4 is 10.1 Å². The van der Waals surface area contributed by atoms with Crippen molar-refractivity contribution >= 4 is 34.5 Å². The molecule has 0 amide bonds. The topological polar surface area (TPSA) is 63.4 Å². The fourth-order valence-electron chi connectivity index (χ4n) is 3.86. The van der Waals surface area contributed by atoms with Crippen molar-refractivity contribution < 1.29 is 9.26 Å². The number of methoxy groups -OCH3 is 1. The molecule has 0 saturated carbocycles. The maximum Gasteiger partial charge on any atom is 0.258 e. The smallest absolute Gasteiger partial charge is 0.258 e. The lowest BCUT2D eigenvalue weighted by molar-refractivity contribution is 0.390. The molecule has 6 nitrogen and oxygen atoms in total. The largest absolute Gasteiger partial charge is 0.497 e. The second-order valence-electron chi connectivity index (χ2n) is 8.43. The van der Waals surface area contributed by atoms with Crippen LogP contribution in [0.5, 0.6) is 5.75 Å². The van der Waals surface area contributed by atoms with E-state index < -0.39 is 0 Å². The summed E-state index contributed by atoms with van der Waals surface area (Å²) in [4.78, 5) is 6.86. The lowest BCUT2D eigenvalue weighted by atomic mass is 9.94. The highest BCUT2D eigenvalue weighted by Crippen LogP contribution is 2.38. The van der Waals surface area contributed by atoms with Crippen molar-refractivity contribution in [3.8, 4) is 17.1 Å². The van der Waals surface area contributed by atoms with E-state index in [1.807, 2.05) is 48.5 Å². The van der Waals surface area contributed by atoms with Crippen LogP contribution in [-0.2, 0) is 0 Å². The first-order valence-electron chi connectivity index (χ1n) is 10.9. The van der Waals surface area contributed by atoms with E-state index in [4.69, 9.17) is 38.1 Å². The molecule has 0 aliphatic carbocycles. The average Bonchev–Trinajstić information content (AvgIpc) is 3.28. The first-order valence-corrected chi connectivity index (χ1v) is 11.7. The number of nitrogens with zero attached hydrogens (tertiary/aromatic N) is 3. The molecule has 8 heteroatoms. The molecular weight excluding hydrogens is 456 g/mol. The van der Waals surface area contributed by atoms with Gasteiger partial charge in [0, 0.05) is 22.8 Å². The number of nitrogens with one attached hydrogen (secondary N) is 1. The lowest BCUT2D eigenvalue weighted by Gasteiger charge is -2.37. The summed E-state index contributed by atoms with van der Waals surface area (Å²) in [5.74, 6) is 2.23. The van der Waals surface area contributed by atoms with Crippen molar-refractivity contribution in [3.63, 3.8) is 0 Å². The van der Waals surface area contributed by atoms with Crippen LogP contribution in [0.15, 0.2) is 58.8 Å². The van der Waals surface area contributed by atoms with Crippen LogP contribution in [0.4, 0.5) is 0 Å². The minimum atomic E-state index is -0.259. The molecule has 172 valence electrons. The van der Waals surface area contributed by atoms with Crippen molar-refractivity contribution in [3.05, 3.63) is 70.7 Å². The van der Waals surface area contributed by atoms with Gasteiger partial charge in [0.15, 0.2) is 5.11 Å². The van der Waals surface area contributed by atoms with Gasteiger partial charge in [-0.15, -0.1) is 0 Å². The Balaban J connectivity index is 1.79. The second-order valence-corrected chi connectivity index (χ2v) is 9.25. The number of benzene rings is 2. The summed E-state index contributed by atoms with van der Waals surface area (Å²) in [6.45, 7) is 7.26. The maximum absolute atomic E-state index is 6.31. The number of rotatable bonds is 7. The van der Waals surface area contributed by atoms with Gasteiger partial charge < -0.3 is 19.5 Å². The van der Waals surface area contributed by atoms with Gasteiger partial charge in [-0.2, -0.15) is 4.98 Å².